The maximum atomic E-state index is 12.5. The summed E-state index contributed by atoms with van der Waals surface area (Å²) in [6.45, 7) is 3.70. The van der Waals surface area contributed by atoms with Crippen LogP contribution < -0.4 is 10.6 Å². The lowest BCUT2D eigenvalue weighted by atomic mass is 10.1. The van der Waals surface area contributed by atoms with E-state index in [2.05, 4.69) is 32.6 Å². The van der Waals surface area contributed by atoms with Gasteiger partial charge in [-0.25, -0.2) is 14.6 Å². The molecule has 0 aliphatic carbocycles. The Hall–Kier alpha value is -2.96. The van der Waals surface area contributed by atoms with Gasteiger partial charge < -0.3 is 15.4 Å². The Morgan fingerprint density at radius 3 is 2.88 bits per heavy atom. The number of nitro benzene ring substituents is 1. The highest BCUT2D eigenvalue weighted by atomic mass is 35.5. The molecule has 0 spiro atoms. The van der Waals surface area contributed by atoms with E-state index in [0.717, 1.165) is 17.6 Å². The molecule has 2 heterocycles. The SMILES string of the molecule is CCCSc1nc(NCCOC)c2cnn(CCNC(=O)c3cc(Cl)ccc3[N+](=O)[O-])c2n1. The van der Waals surface area contributed by atoms with Crippen LogP contribution in [0.4, 0.5) is 11.5 Å². The van der Waals surface area contributed by atoms with Crippen molar-refractivity contribution < 1.29 is 14.5 Å². The number of fused-ring (bicyclic) bond motifs is 1. The van der Waals surface area contributed by atoms with Crippen LogP contribution in [0.5, 0.6) is 0 Å². The van der Waals surface area contributed by atoms with Crippen LogP contribution in [0.2, 0.25) is 5.02 Å². The Morgan fingerprint density at radius 2 is 2.15 bits per heavy atom. The minimum absolute atomic E-state index is 0.0944. The third-order valence-electron chi connectivity index (χ3n) is 4.52. The van der Waals surface area contributed by atoms with Gasteiger partial charge in [-0.05, 0) is 18.6 Å². The number of benzene rings is 1. The molecule has 0 atom stereocenters. The standard InChI is InChI=1S/C20H24ClN7O4S/c1-3-10-33-20-25-17(22-7-9-32-2)15-12-24-27(18(15)26-20)8-6-23-19(29)14-11-13(21)4-5-16(14)28(30)31/h4-5,11-12H,3,6-10H2,1-2H3,(H,23,29)(H,22,25,26). The van der Waals surface area contributed by atoms with Gasteiger partial charge in [-0.2, -0.15) is 5.10 Å². The quantitative estimate of drug-likeness (QED) is 0.128. The van der Waals surface area contributed by atoms with Gasteiger partial charge in [0.2, 0.25) is 0 Å². The van der Waals surface area contributed by atoms with E-state index in [9.17, 15) is 14.9 Å². The third-order valence-corrected chi connectivity index (χ3v) is 5.81. The Morgan fingerprint density at radius 1 is 1.33 bits per heavy atom. The molecule has 11 nitrogen and oxygen atoms in total. The lowest BCUT2D eigenvalue weighted by Crippen LogP contribution is -2.28. The Kier molecular flexibility index (Phi) is 8.80. The first kappa shape index (κ1) is 24.7. The van der Waals surface area contributed by atoms with Gasteiger partial charge in [0.05, 0.1) is 29.7 Å². The number of carbonyl (C=O) groups is 1. The van der Waals surface area contributed by atoms with Crippen molar-refractivity contribution in [2.24, 2.45) is 0 Å². The molecular weight excluding hydrogens is 470 g/mol. The highest BCUT2D eigenvalue weighted by molar-refractivity contribution is 7.99. The van der Waals surface area contributed by atoms with Crippen LogP contribution >= 0.6 is 23.4 Å². The summed E-state index contributed by atoms with van der Waals surface area (Å²) in [5.74, 6) is 0.961. The van der Waals surface area contributed by atoms with E-state index in [0.29, 0.717) is 36.3 Å². The fraction of sp³-hybridized carbons (Fsp3) is 0.400. The van der Waals surface area contributed by atoms with Crippen molar-refractivity contribution in [1.29, 1.82) is 0 Å². The molecule has 33 heavy (non-hydrogen) atoms. The summed E-state index contributed by atoms with van der Waals surface area (Å²) in [5, 5.41) is 23.2. The van der Waals surface area contributed by atoms with E-state index in [1.54, 1.807) is 29.8 Å². The van der Waals surface area contributed by atoms with Crippen LogP contribution in [0.25, 0.3) is 11.0 Å². The summed E-state index contributed by atoms with van der Waals surface area (Å²) in [4.78, 5) is 32.4. The molecule has 0 unspecified atom stereocenters. The van der Waals surface area contributed by atoms with E-state index in [4.69, 9.17) is 16.3 Å². The average Bonchev–Trinajstić information content (AvgIpc) is 3.20. The van der Waals surface area contributed by atoms with Crippen LogP contribution in [-0.2, 0) is 11.3 Å². The van der Waals surface area contributed by atoms with Crippen molar-refractivity contribution in [3.8, 4) is 0 Å². The zero-order valence-corrected chi connectivity index (χ0v) is 19.8. The molecule has 0 bridgehead atoms. The Balaban J connectivity index is 1.76. The van der Waals surface area contributed by atoms with E-state index < -0.39 is 10.8 Å². The predicted octanol–water partition coefficient (Wildman–Crippen LogP) is 3.38. The van der Waals surface area contributed by atoms with Gasteiger partial charge >= 0.3 is 0 Å². The van der Waals surface area contributed by atoms with Crippen molar-refractivity contribution in [3.63, 3.8) is 0 Å². The number of carbonyl (C=O) groups excluding carboxylic acids is 1. The number of rotatable bonds is 12. The largest absolute Gasteiger partial charge is 0.383 e. The van der Waals surface area contributed by atoms with Gasteiger partial charge in [0.1, 0.15) is 11.4 Å². The lowest BCUT2D eigenvalue weighted by Gasteiger charge is -2.10. The van der Waals surface area contributed by atoms with Crippen LogP contribution in [0.1, 0.15) is 23.7 Å². The zero-order chi connectivity index (χ0) is 23.8. The monoisotopic (exact) mass is 493 g/mol. The molecule has 0 saturated carbocycles. The number of methoxy groups -OCH3 is 1. The normalized spacial score (nSPS) is 11.0. The van der Waals surface area contributed by atoms with Crippen molar-refractivity contribution in [2.75, 3.05) is 37.9 Å². The van der Waals surface area contributed by atoms with E-state index >= 15 is 0 Å². The molecule has 0 aliphatic heterocycles. The molecule has 2 aromatic heterocycles. The second-order valence-corrected chi connectivity index (χ2v) is 8.40. The number of thioether (sulfide) groups is 1. The maximum Gasteiger partial charge on any atom is 0.282 e. The summed E-state index contributed by atoms with van der Waals surface area (Å²) in [6.07, 6.45) is 2.65. The topological polar surface area (TPSA) is 137 Å². The minimum atomic E-state index is -0.614. The first-order valence-electron chi connectivity index (χ1n) is 10.3. The van der Waals surface area contributed by atoms with Gasteiger partial charge in [0, 0.05) is 37.0 Å². The number of nitrogens with one attached hydrogen (secondary N) is 2. The molecule has 0 fully saturated rings. The summed E-state index contributed by atoms with van der Waals surface area (Å²) in [6, 6.07) is 3.86. The predicted molar refractivity (Wildman–Crippen MR) is 127 cm³/mol. The highest BCUT2D eigenvalue weighted by Crippen LogP contribution is 2.25. The Bertz CT molecular complexity index is 1140. The molecule has 1 amide bonds. The number of hydrogen-bond donors (Lipinski definition) is 2. The van der Waals surface area contributed by atoms with Gasteiger partial charge in [-0.3, -0.25) is 14.9 Å². The molecular formula is C20H24ClN7O4S. The molecule has 176 valence electrons. The van der Waals surface area contributed by atoms with Crippen molar-refractivity contribution in [2.45, 2.75) is 25.0 Å². The molecule has 13 heteroatoms. The molecule has 2 N–H and O–H groups in total. The van der Waals surface area contributed by atoms with Gasteiger partial charge in [-0.15, -0.1) is 0 Å². The van der Waals surface area contributed by atoms with Crippen LogP contribution in [0.15, 0.2) is 29.6 Å². The number of nitro groups is 1. The second kappa shape index (κ2) is 11.8. The first-order valence-corrected chi connectivity index (χ1v) is 11.6. The number of halogens is 1. The molecule has 0 aliphatic rings. The number of anilines is 1. The van der Waals surface area contributed by atoms with Crippen molar-refractivity contribution in [3.05, 3.63) is 45.1 Å². The van der Waals surface area contributed by atoms with Crippen LogP contribution in [-0.4, -0.2) is 63.1 Å². The number of hydrogen-bond acceptors (Lipinski definition) is 9. The van der Waals surface area contributed by atoms with Gasteiger partial charge in [0.15, 0.2) is 10.8 Å². The minimum Gasteiger partial charge on any atom is -0.383 e. The first-order chi connectivity index (χ1) is 15.9. The summed E-state index contributed by atoms with van der Waals surface area (Å²) in [5.41, 5.74) is 0.230. The lowest BCUT2D eigenvalue weighted by molar-refractivity contribution is -0.385. The van der Waals surface area contributed by atoms with Crippen LogP contribution in [0, 0.1) is 10.1 Å². The number of aromatic nitrogens is 4. The fourth-order valence-corrected chi connectivity index (χ4v) is 3.85. The Labute approximate surface area is 199 Å². The number of nitrogens with zero attached hydrogens (tertiary/aromatic N) is 5. The highest BCUT2D eigenvalue weighted by Gasteiger charge is 2.20. The summed E-state index contributed by atoms with van der Waals surface area (Å²) < 4.78 is 6.76. The molecule has 0 saturated heterocycles. The van der Waals surface area contributed by atoms with Gasteiger partial charge in [0.25, 0.3) is 11.6 Å². The van der Waals surface area contributed by atoms with Gasteiger partial charge in [-0.1, -0.05) is 30.3 Å². The average molecular weight is 494 g/mol. The molecule has 1 aromatic carbocycles. The second-order valence-electron chi connectivity index (χ2n) is 6.90. The maximum absolute atomic E-state index is 12.5. The zero-order valence-electron chi connectivity index (χ0n) is 18.2. The van der Waals surface area contributed by atoms with Crippen molar-refractivity contribution in [1.82, 2.24) is 25.1 Å². The molecule has 0 radical (unpaired) electrons. The molecule has 3 aromatic rings. The van der Waals surface area contributed by atoms with E-state index in [1.165, 1.54) is 18.2 Å². The number of ether oxygens (including phenoxy) is 1. The number of amides is 1. The summed E-state index contributed by atoms with van der Waals surface area (Å²) >= 11 is 7.46. The van der Waals surface area contributed by atoms with E-state index in [-0.39, 0.29) is 22.8 Å². The summed E-state index contributed by atoms with van der Waals surface area (Å²) in [7, 11) is 1.63. The third kappa shape index (κ3) is 6.30. The van der Waals surface area contributed by atoms with Crippen LogP contribution in [0.3, 0.4) is 0 Å². The van der Waals surface area contributed by atoms with E-state index in [1.807, 2.05) is 0 Å². The molecule has 3 rings (SSSR count). The van der Waals surface area contributed by atoms with Crippen molar-refractivity contribution >= 4 is 51.8 Å². The fourth-order valence-electron chi connectivity index (χ4n) is 2.98. The smallest absolute Gasteiger partial charge is 0.282 e.